The van der Waals surface area contributed by atoms with Crippen molar-refractivity contribution in [3.63, 3.8) is 0 Å². The molecule has 3 heteroatoms. The van der Waals surface area contributed by atoms with Crippen molar-refractivity contribution in [1.29, 1.82) is 0 Å². The first-order valence-electron chi connectivity index (χ1n) is 6.47. The Hall–Kier alpha value is -0.640. The van der Waals surface area contributed by atoms with Crippen LogP contribution in [0.1, 0.15) is 42.7 Å². The lowest BCUT2D eigenvalue weighted by Gasteiger charge is -2.20. The monoisotopic (exact) mass is 337 g/mol. The summed E-state index contributed by atoms with van der Waals surface area (Å²) in [5.74, 6) is 0.297. The molecule has 1 unspecified atom stereocenters. The van der Waals surface area contributed by atoms with Crippen LogP contribution >= 0.6 is 27.3 Å². The summed E-state index contributed by atoms with van der Waals surface area (Å²) in [5, 5.41) is 0. The quantitative estimate of drug-likeness (QED) is 0.846. The molecule has 0 fully saturated rings. The molecule has 0 saturated carbocycles. The minimum Gasteiger partial charge on any atom is -0.329 e. The van der Waals surface area contributed by atoms with Crippen molar-refractivity contribution >= 4 is 27.3 Å². The van der Waals surface area contributed by atoms with Crippen LogP contribution in [0.3, 0.4) is 0 Å². The van der Waals surface area contributed by atoms with E-state index in [4.69, 9.17) is 5.73 Å². The van der Waals surface area contributed by atoms with Gasteiger partial charge < -0.3 is 5.73 Å². The Kier molecular flexibility index (Phi) is 4.49. The molecule has 1 aromatic carbocycles. The SMILES string of the molecule is CC(C)(C)c1ccc(C(CN)c2ccc(Br)s2)cc1. The zero-order valence-electron chi connectivity index (χ0n) is 11.6. The van der Waals surface area contributed by atoms with Gasteiger partial charge in [-0.1, -0.05) is 45.0 Å². The standard InChI is InChI=1S/C16H20BrNS/c1-16(2,3)12-6-4-11(5-7-12)13(10-18)14-8-9-15(17)19-14/h4-9,13H,10,18H2,1-3H3. The predicted molar refractivity (Wildman–Crippen MR) is 88.1 cm³/mol. The van der Waals surface area contributed by atoms with Gasteiger partial charge in [-0.15, -0.1) is 11.3 Å². The third-order valence-electron chi connectivity index (χ3n) is 3.35. The molecular formula is C16H20BrNS. The maximum absolute atomic E-state index is 5.96. The molecule has 2 rings (SSSR count). The largest absolute Gasteiger partial charge is 0.329 e. The molecule has 0 saturated heterocycles. The van der Waals surface area contributed by atoms with Gasteiger partial charge >= 0.3 is 0 Å². The molecule has 1 atom stereocenters. The van der Waals surface area contributed by atoms with Gasteiger partial charge in [-0.25, -0.2) is 0 Å². The first-order chi connectivity index (χ1) is 8.91. The molecule has 2 N–H and O–H groups in total. The van der Waals surface area contributed by atoms with Crippen LogP contribution in [0.15, 0.2) is 40.2 Å². The summed E-state index contributed by atoms with van der Waals surface area (Å²) >= 11 is 5.28. The van der Waals surface area contributed by atoms with Crippen molar-refractivity contribution < 1.29 is 0 Å². The van der Waals surface area contributed by atoms with Crippen molar-refractivity contribution in [2.45, 2.75) is 32.1 Å². The minimum atomic E-state index is 0.197. The van der Waals surface area contributed by atoms with Crippen LogP contribution in [0, 0.1) is 0 Å². The molecule has 0 bridgehead atoms. The number of rotatable bonds is 3. The molecule has 2 aromatic rings. The number of benzene rings is 1. The van der Waals surface area contributed by atoms with Crippen LogP contribution < -0.4 is 5.73 Å². The van der Waals surface area contributed by atoms with Gasteiger partial charge in [-0.2, -0.15) is 0 Å². The van der Waals surface area contributed by atoms with Crippen molar-refractivity contribution in [3.05, 3.63) is 56.2 Å². The fourth-order valence-corrected chi connectivity index (χ4v) is 3.71. The summed E-state index contributed by atoms with van der Waals surface area (Å²) in [6.45, 7) is 7.35. The lowest BCUT2D eigenvalue weighted by atomic mass is 9.85. The molecule has 0 aliphatic heterocycles. The van der Waals surface area contributed by atoms with E-state index in [9.17, 15) is 0 Å². The second-order valence-corrected chi connectivity index (χ2v) is 8.30. The van der Waals surface area contributed by atoms with Gasteiger partial charge in [-0.3, -0.25) is 0 Å². The Morgan fingerprint density at radius 3 is 2.16 bits per heavy atom. The smallest absolute Gasteiger partial charge is 0.0701 e. The van der Waals surface area contributed by atoms with Crippen LogP contribution in [0.2, 0.25) is 0 Å². The summed E-state index contributed by atoms with van der Waals surface area (Å²) in [5.41, 5.74) is 8.82. The second-order valence-electron chi connectivity index (χ2n) is 5.80. The van der Waals surface area contributed by atoms with Gasteiger partial charge in [0.05, 0.1) is 3.79 Å². The van der Waals surface area contributed by atoms with Crippen LogP contribution in [0.4, 0.5) is 0 Å². The molecule has 0 amide bonds. The number of hydrogen-bond acceptors (Lipinski definition) is 2. The predicted octanol–water partition coefficient (Wildman–Crippen LogP) is 4.90. The Balaban J connectivity index is 2.30. The highest BCUT2D eigenvalue weighted by molar-refractivity contribution is 9.11. The van der Waals surface area contributed by atoms with Crippen molar-refractivity contribution in [3.8, 4) is 0 Å². The van der Waals surface area contributed by atoms with Crippen LogP contribution in [-0.2, 0) is 5.41 Å². The first kappa shape index (κ1) is 14.8. The van der Waals surface area contributed by atoms with E-state index >= 15 is 0 Å². The maximum atomic E-state index is 5.96. The fraction of sp³-hybridized carbons (Fsp3) is 0.375. The van der Waals surface area contributed by atoms with Gasteiger partial charge in [0.1, 0.15) is 0 Å². The fourth-order valence-electron chi connectivity index (χ4n) is 2.15. The molecule has 102 valence electrons. The van der Waals surface area contributed by atoms with Crippen LogP contribution in [0.5, 0.6) is 0 Å². The average Bonchev–Trinajstić information content (AvgIpc) is 2.76. The van der Waals surface area contributed by atoms with E-state index in [0.717, 1.165) is 3.79 Å². The molecule has 0 radical (unpaired) electrons. The summed E-state index contributed by atoms with van der Waals surface area (Å²) in [6.07, 6.45) is 0. The number of halogens is 1. The van der Waals surface area contributed by atoms with E-state index < -0.39 is 0 Å². The van der Waals surface area contributed by atoms with Gasteiger partial charge in [0, 0.05) is 17.3 Å². The van der Waals surface area contributed by atoms with Crippen LogP contribution in [0.25, 0.3) is 0 Å². The highest BCUT2D eigenvalue weighted by atomic mass is 79.9. The molecule has 19 heavy (non-hydrogen) atoms. The van der Waals surface area contributed by atoms with Gasteiger partial charge in [-0.05, 0) is 44.6 Å². The van der Waals surface area contributed by atoms with E-state index in [1.165, 1.54) is 16.0 Å². The molecule has 0 aliphatic carbocycles. The molecule has 1 heterocycles. The lowest BCUT2D eigenvalue weighted by Crippen LogP contribution is -2.14. The first-order valence-corrected chi connectivity index (χ1v) is 8.08. The van der Waals surface area contributed by atoms with E-state index in [2.05, 4.69) is 73.1 Å². The van der Waals surface area contributed by atoms with Crippen molar-refractivity contribution in [2.24, 2.45) is 5.73 Å². The van der Waals surface area contributed by atoms with E-state index in [0.29, 0.717) is 12.5 Å². The number of nitrogens with two attached hydrogens (primary N) is 1. The molecule has 0 spiro atoms. The maximum Gasteiger partial charge on any atom is 0.0701 e. The van der Waals surface area contributed by atoms with Crippen molar-refractivity contribution in [2.75, 3.05) is 6.54 Å². The summed E-state index contributed by atoms with van der Waals surface area (Å²) in [7, 11) is 0. The Labute approximate surface area is 128 Å². The van der Waals surface area contributed by atoms with E-state index in [1.807, 2.05) is 0 Å². The van der Waals surface area contributed by atoms with Gasteiger partial charge in [0.15, 0.2) is 0 Å². The summed E-state index contributed by atoms with van der Waals surface area (Å²) in [4.78, 5) is 1.32. The lowest BCUT2D eigenvalue weighted by molar-refractivity contribution is 0.589. The highest BCUT2D eigenvalue weighted by Gasteiger charge is 2.17. The third-order valence-corrected chi connectivity index (χ3v) is 5.09. The molecular weight excluding hydrogens is 318 g/mol. The Morgan fingerprint density at radius 2 is 1.74 bits per heavy atom. The minimum absolute atomic E-state index is 0.197. The Bertz CT molecular complexity index is 537. The normalized spacial score (nSPS) is 13.5. The van der Waals surface area contributed by atoms with Gasteiger partial charge in [0.2, 0.25) is 0 Å². The third kappa shape index (κ3) is 3.47. The topological polar surface area (TPSA) is 26.0 Å². The summed E-state index contributed by atoms with van der Waals surface area (Å²) < 4.78 is 1.16. The zero-order valence-corrected chi connectivity index (χ0v) is 14.0. The zero-order chi connectivity index (χ0) is 14.0. The highest BCUT2D eigenvalue weighted by Crippen LogP contribution is 2.33. The molecule has 1 nitrogen and oxygen atoms in total. The van der Waals surface area contributed by atoms with Crippen molar-refractivity contribution in [1.82, 2.24) is 0 Å². The summed E-state index contributed by atoms with van der Waals surface area (Å²) in [6, 6.07) is 13.1. The second kappa shape index (κ2) is 5.78. The number of thiophene rings is 1. The average molecular weight is 338 g/mol. The molecule has 0 aliphatic rings. The number of hydrogen-bond donors (Lipinski definition) is 1. The Morgan fingerprint density at radius 1 is 1.11 bits per heavy atom. The van der Waals surface area contributed by atoms with E-state index in [-0.39, 0.29) is 5.41 Å². The molecule has 1 aromatic heterocycles. The van der Waals surface area contributed by atoms with Crippen LogP contribution in [-0.4, -0.2) is 6.54 Å². The van der Waals surface area contributed by atoms with Gasteiger partial charge in [0.25, 0.3) is 0 Å². The van der Waals surface area contributed by atoms with E-state index in [1.54, 1.807) is 11.3 Å².